The smallest absolute Gasteiger partial charge is 0.224 e. The van der Waals surface area contributed by atoms with Crippen molar-refractivity contribution in [1.82, 2.24) is 15.1 Å². The summed E-state index contributed by atoms with van der Waals surface area (Å²) in [4.78, 5) is 13.7. The maximum absolute atomic E-state index is 11.8. The van der Waals surface area contributed by atoms with Crippen molar-refractivity contribution in [1.29, 1.82) is 0 Å². The third-order valence-corrected chi connectivity index (χ3v) is 2.81. The standard InChI is InChI=1S/C12H18N4O2/c1-10-2-3-11(15-14-10)13-5-4-12(17)16-6-8-18-9-7-16/h2-3H,4-9H2,1H3,(H,13,15). The molecule has 2 heterocycles. The van der Waals surface area contributed by atoms with Gasteiger partial charge in [-0.25, -0.2) is 0 Å². The van der Waals surface area contributed by atoms with Gasteiger partial charge < -0.3 is 15.0 Å². The van der Waals surface area contributed by atoms with Crippen LogP contribution in [0.4, 0.5) is 5.82 Å². The van der Waals surface area contributed by atoms with E-state index in [2.05, 4.69) is 15.5 Å². The number of morpholine rings is 1. The Bertz CT molecular complexity index is 388. The van der Waals surface area contributed by atoms with Gasteiger partial charge in [-0.2, -0.15) is 5.10 Å². The number of aryl methyl sites for hydroxylation is 1. The molecule has 0 aliphatic carbocycles. The first-order valence-corrected chi connectivity index (χ1v) is 6.15. The number of ether oxygens (including phenoxy) is 1. The first-order valence-electron chi connectivity index (χ1n) is 6.15. The van der Waals surface area contributed by atoms with Crippen LogP contribution in [-0.2, 0) is 9.53 Å². The molecule has 1 aromatic rings. The predicted octanol–water partition coefficient (Wildman–Crippen LogP) is 0.446. The van der Waals surface area contributed by atoms with E-state index < -0.39 is 0 Å². The lowest BCUT2D eigenvalue weighted by Crippen LogP contribution is -2.41. The fraction of sp³-hybridized carbons (Fsp3) is 0.583. The monoisotopic (exact) mass is 250 g/mol. The van der Waals surface area contributed by atoms with Crippen LogP contribution < -0.4 is 5.32 Å². The number of anilines is 1. The first-order chi connectivity index (χ1) is 8.75. The van der Waals surface area contributed by atoms with E-state index in [1.165, 1.54) is 0 Å². The normalized spacial score (nSPS) is 15.5. The number of carbonyl (C=O) groups excluding carboxylic acids is 1. The topological polar surface area (TPSA) is 67.4 Å². The summed E-state index contributed by atoms with van der Waals surface area (Å²) < 4.78 is 5.21. The zero-order valence-corrected chi connectivity index (χ0v) is 10.6. The molecule has 1 aromatic heterocycles. The van der Waals surface area contributed by atoms with Gasteiger partial charge in [0.25, 0.3) is 0 Å². The van der Waals surface area contributed by atoms with Gasteiger partial charge in [-0.3, -0.25) is 4.79 Å². The van der Waals surface area contributed by atoms with E-state index >= 15 is 0 Å². The van der Waals surface area contributed by atoms with Gasteiger partial charge in [0.15, 0.2) is 0 Å². The van der Waals surface area contributed by atoms with Crippen molar-refractivity contribution in [3.8, 4) is 0 Å². The molecule has 6 heteroatoms. The molecule has 18 heavy (non-hydrogen) atoms. The first kappa shape index (κ1) is 12.8. The maximum atomic E-state index is 11.8. The van der Waals surface area contributed by atoms with Gasteiger partial charge in [-0.15, -0.1) is 5.10 Å². The van der Waals surface area contributed by atoms with Crippen molar-refractivity contribution in [2.75, 3.05) is 38.2 Å². The number of aromatic nitrogens is 2. The Labute approximate surface area is 106 Å². The van der Waals surface area contributed by atoms with Crippen molar-refractivity contribution in [3.05, 3.63) is 17.8 Å². The number of amides is 1. The fourth-order valence-electron chi connectivity index (χ4n) is 1.76. The van der Waals surface area contributed by atoms with E-state index in [9.17, 15) is 4.79 Å². The Hall–Kier alpha value is -1.69. The number of nitrogens with zero attached hydrogens (tertiary/aromatic N) is 3. The lowest BCUT2D eigenvalue weighted by molar-refractivity contribution is -0.134. The minimum Gasteiger partial charge on any atom is -0.378 e. The second-order valence-corrected chi connectivity index (χ2v) is 4.23. The van der Waals surface area contributed by atoms with E-state index in [0.29, 0.717) is 45.1 Å². The van der Waals surface area contributed by atoms with Crippen LogP contribution in [0.5, 0.6) is 0 Å². The van der Waals surface area contributed by atoms with Gasteiger partial charge in [0.05, 0.1) is 18.9 Å². The van der Waals surface area contributed by atoms with E-state index in [4.69, 9.17) is 4.74 Å². The molecule has 0 radical (unpaired) electrons. The molecule has 6 nitrogen and oxygen atoms in total. The van der Waals surface area contributed by atoms with Gasteiger partial charge in [-0.1, -0.05) is 0 Å². The molecule has 1 saturated heterocycles. The highest BCUT2D eigenvalue weighted by Crippen LogP contribution is 2.03. The molecule has 2 rings (SSSR count). The average Bonchev–Trinajstić information content (AvgIpc) is 2.42. The molecule has 0 unspecified atom stereocenters. The Morgan fingerprint density at radius 2 is 2.17 bits per heavy atom. The van der Waals surface area contributed by atoms with Crippen LogP contribution in [0.25, 0.3) is 0 Å². The second kappa shape index (κ2) is 6.30. The molecule has 0 saturated carbocycles. The van der Waals surface area contributed by atoms with E-state index in [1.54, 1.807) is 0 Å². The van der Waals surface area contributed by atoms with E-state index in [0.717, 1.165) is 5.69 Å². The number of rotatable bonds is 4. The Morgan fingerprint density at radius 1 is 1.39 bits per heavy atom. The van der Waals surface area contributed by atoms with Gasteiger partial charge >= 0.3 is 0 Å². The van der Waals surface area contributed by atoms with E-state index in [1.807, 2.05) is 24.0 Å². The van der Waals surface area contributed by atoms with Crippen molar-refractivity contribution < 1.29 is 9.53 Å². The zero-order valence-electron chi connectivity index (χ0n) is 10.6. The van der Waals surface area contributed by atoms with Gasteiger partial charge in [0, 0.05) is 26.1 Å². The van der Waals surface area contributed by atoms with Crippen LogP contribution in [0, 0.1) is 6.92 Å². The highest BCUT2D eigenvalue weighted by Gasteiger charge is 2.15. The number of carbonyl (C=O) groups is 1. The summed E-state index contributed by atoms with van der Waals surface area (Å²) in [5.41, 5.74) is 0.880. The van der Waals surface area contributed by atoms with Crippen molar-refractivity contribution in [3.63, 3.8) is 0 Å². The fourth-order valence-corrected chi connectivity index (χ4v) is 1.76. The van der Waals surface area contributed by atoms with Crippen LogP contribution >= 0.6 is 0 Å². The summed E-state index contributed by atoms with van der Waals surface area (Å²) in [6.07, 6.45) is 0.468. The number of hydrogen-bond acceptors (Lipinski definition) is 5. The molecule has 0 bridgehead atoms. The van der Waals surface area contributed by atoms with Gasteiger partial charge in [-0.05, 0) is 19.1 Å². The SMILES string of the molecule is Cc1ccc(NCCC(=O)N2CCOCC2)nn1. The van der Waals surface area contributed by atoms with Crippen molar-refractivity contribution in [2.24, 2.45) is 0 Å². The lowest BCUT2D eigenvalue weighted by atomic mass is 10.3. The molecule has 0 atom stereocenters. The van der Waals surface area contributed by atoms with Crippen LogP contribution in [0.1, 0.15) is 12.1 Å². The van der Waals surface area contributed by atoms with Crippen molar-refractivity contribution in [2.45, 2.75) is 13.3 Å². The quantitative estimate of drug-likeness (QED) is 0.840. The third kappa shape index (κ3) is 3.66. The van der Waals surface area contributed by atoms with Gasteiger partial charge in [0.1, 0.15) is 5.82 Å². The van der Waals surface area contributed by atoms with E-state index in [-0.39, 0.29) is 5.91 Å². The molecular weight excluding hydrogens is 232 g/mol. The summed E-state index contributed by atoms with van der Waals surface area (Å²) in [7, 11) is 0. The maximum Gasteiger partial charge on any atom is 0.224 e. The van der Waals surface area contributed by atoms with Crippen LogP contribution in [-0.4, -0.2) is 53.9 Å². The van der Waals surface area contributed by atoms with Crippen LogP contribution in [0.15, 0.2) is 12.1 Å². The Kier molecular flexibility index (Phi) is 4.46. The Morgan fingerprint density at radius 3 is 2.83 bits per heavy atom. The van der Waals surface area contributed by atoms with Gasteiger partial charge in [0.2, 0.25) is 5.91 Å². The summed E-state index contributed by atoms with van der Waals surface area (Å²) in [6.45, 7) is 5.14. The van der Waals surface area contributed by atoms with Crippen molar-refractivity contribution >= 4 is 11.7 Å². The largest absolute Gasteiger partial charge is 0.378 e. The minimum absolute atomic E-state index is 0.158. The third-order valence-electron chi connectivity index (χ3n) is 2.81. The summed E-state index contributed by atoms with van der Waals surface area (Å²) >= 11 is 0. The molecule has 1 amide bonds. The summed E-state index contributed by atoms with van der Waals surface area (Å²) in [5, 5.41) is 11.0. The average molecular weight is 250 g/mol. The number of nitrogens with one attached hydrogen (secondary N) is 1. The predicted molar refractivity (Wildman–Crippen MR) is 67.3 cm³/mol. The lowest BCUT2D eigenvalue weighted by Gasteiger charge is -2.26. The molecule has 98 valence electrons. The second-order valence-electron chi connectivity index (χ2n) is 4.23. The highest BCUT2D eigenvalue weighted by atomic mass is 16.5. The summed E-state index contributed by atoms with van der Waals surface area (Å²) in [6, 6.07) is 3.75. The highest BCUT2D eigenvalue weighted by molar-refractivity contribution is 5.76. The number of hydrogen-bond donors (Lipinski definition) is 1. The molecule has 0 spiro atoms. The molecule has 1 aliphatic heterocycles. The zero-order chi connectivity index (χ0) is 12.8. The van der Waals surface area contributed by atoms with Crippen LogP contribution in [0.2, 0.25) is 0 Å². The molecule has 0 aromatic carbocycles. The summed E-state index contributed by atoms with van der Waals surface area (Å²) in [5.74, 6) is 0.862. The molecule has 1 N–H and O–H groups in total. The van der Waals surface area contributed by atoms with Crippen LogP contribution in [0.3, 0.4) is 0 Å². The molecule has 1 fully saturated rings. The minimum atomic E-state index is 0.158. The molecule has 1 aliphatic rings. The Balaban J connectivity index is 1.71. The molecular formula is C12H18N4O2.